The van der Waals surface area contributed by atoms with Crippen molar-refractivity contribution in [2.45, 2.75) is 40.7 Å². The van der Waals surface area contributed by atoms with Crippen LogP contribution >= 0.6 is 11.6 Å². The highest BCUT2D eigenvalue weighted by Crippen LogP contribution is 2.37. The molecule has 4 heteroatoms. The average molecular weight is 256 g/mol. The van der Waals surface area contributed by atoms with Gasteiger partial charge in [0, 0.05) is 25.0 Å². The number of halogens is 1. The van der Waals surface area contributed by atoms with Crippen molar-refractivity contribution in [2.75, 3.05) is 13.1 Å². The van der Waals surface area contributed by atoms with Crippen molar-refractivity contribution >= 4 is 11.6 Å². The molecule has 1 saturated heterocycles. The quantitative estimate of drug-likeness (QED) is 0.897. The van der Waals surface area contributed by atoms with E-state index in [9.17, 15) is 0 Å². The second-order valence-electron chi connectivity index (χ2n) is 5.46. The maximum absolute atomic E-state index is 6.38. The van der Waals surface area contributed by atoms with Crippen molar-refractivity contribution in [3.05, 3.63) is 16.4 Å². The van der Waals surface area contributed by atoms with Crippen LogP contribution in [0.3, 0.4) is 0 Å². The third-order valence-corrected chi connectivity index (χ3v) is 4.64. The summed E-state index contributed by atoms with van der Waals surface area (Å²) in [5.41, 5.74) is 2.53. The fourth-order valence-corrected chi connectivity index (χ4v) is 2.76. The van der Waals surface area contributed by atoms with Crippen LogP contribution in [0.1, 0.15) is 32.2 Å². The molecule has 2 heterocycles. The first-order valence-corrected chi connectivity index (χ1v) is 6.80. The minimum absolute atomic E-state index is 0.364. The second kappa shape index (κ2) is 4.62. The van der Waals surface area contributed by atoms with Crippen LogP contribution in [0.2, 0.25) is 5.02 Å². The third-order valence-electron chi connectivity index (χ3n) is 4.15. The van der Waals surface area contributed by atoms with Crippen LogP contribution in [-0.4, -0.2) is 22.9 Å². The molecule has 0 bridgehead atoms. The van der Waals surface area contributed by atoms with Crippen molar-refractivity contribution in [1.82, 2.24) is 15.1 Å². The van der Waals surface area contributed by atoms with Crippen molar-refractivity contribution < 1.29 is 0 Å². The van der Waals surface area contributed by atoms with Gasteiger partial charge in [0.2, 0.25) is 0 Å². The lowest BCUT2D eigenvalue weighted by Gasteiger charge is -2.46. The van der Waals surface area contributed by atoms with Crippen LogP contribution < -0.4 is 5.32 Å². The van der Waals surface area contributed by atoms with E-state index in [-0.39, 0.29) is 0 Å². The maximum Gasteiger partial charge on any atom is 0.0847 e. The van der Waals surface area contributed by atoms with Gasteiger partial charge in [-0.2, -0.15) is 5.10 Å². The van der Waals surface area contributed by atoms with Gasteiger partial charge in [-0.3, -0.25) is 4.68 Å². The van der Waals surface area contributed by atoms with Crippen LogP contribution in [0, 0.1) is 18.3 Å². The molecule has 0 saturated carbocycles. The van der Waals surface area contributed by atoms with Crippen LogP contribution in [0.15, 0.2) is 0 Å². The van der Waals surface area contributed by atoms with Gasteiger partial charge in [0.1, 0.15) is 0 Å². The van der Waals surface area contributed by atoms with Gasteiger partial charge in [0.25, 0.3) is 0 Å². The molecular weight excluding hydrogens is 234 g/mol. The molecule has 0 amide bonds. The molecule has 1 aromatic heterocycles. The zero-order valence-corrected chi connectivity index (χ0v) is 11.9. The Morgan fingerprint density at radius 2 is 2.12 bits per heavy atom. The van der Waals surface area contributed by atoms with E-state index in [1.807, 2.05) is 6.92 Å². The van der Waals surface area contributed by atoms with E-state index in [1.165, 1.54) is 5.69 Å². The first kappa shape index (κ1) is 12.9. The first-order chi connectivity index (χ1) is 8.00. The highest BCUT2D eigenvalue weighted by atomic mass is 35.5. The molecule has 2 rings (SSSR count). The number of aromatic nitrogens is 2. The van der Waals surface area contributed by atoms with E-state index >= 15 is 0 Å². The summed E-state index contributed by atoms with van der Waals surface area (Å²) in [5, 5.41) is 8.75. The van der Waals surface area contributed by atoms with Crippen molar-refractivity contribution in [3.63, 3.8) is 0 Å². The van der Waals surface area contributed by atoms with Crippen LogP contribution in [0.4, 0.5) is 0 Å². The first-order valence-electron chi connectivity index (χ1n) is 6.42. The van der Waals surface area contributed by atoms with Gasteiger partial charge in [0.15, 0.2) is 0 Å². The number of aryl methyl sites for hydroxylation is 2. The Hall–Kier alpha value is -0.540. The number of rotatable bonds is 4. The van der Waals surface area contributed by atoms with Crippen LogP contribution in [0.25, 0.3) is 0 Å². The van der Waals surface area contributed by atoms with Crippen molar-refractivity contribution in [3.8, 4) is 0 Å². The molecule has 0 aromatic carbocycles. The highest BCUT2D eigenvalue weighted by Gasteiger charge is 2.41. The van der Waals surface area contributed by atoms with Gasteiger partial charge >= 0.3 is 0 Å². The maximum atomic E-state index is 6.38. The molecule has 1 aromatic rings. The summed E-state index contributed by atoms with van der Waals surface area (Å²) >= 11 is 6.38. The van der Waals surface area contributed by atoms with Crippen molar-refractivity contribution in [1.29, 1.82) is 0 Å². The Bertz CT molecular complexity index is 405. The minimum Gasteiger partial charge on any atom is -0.315 e. The molecule has 96 valence electrons. The molecule has 0 radical (unpaired) electrons. The summed E-state index contributed by atoms with van der Waals surface area (Å²) in [4.78, 5) is 0. The highest BCUT2D eigenvalue weighted by molar-refractivity contribution is 6.31. The molecule has 0 unspecified atom stereocenters. The fraction of sp³-hybridized carbons (Fsp3) is 0.769. The SMILES string of the molecule is CCn1nc(C)c(Cl)c1CC1(C(C)C)CNC1. The Morgan fingerprint density at radius 3 is 2.53 bits per heavy atom. The number of nitrogens with one attached hydrogen (secondary N) is 1. The predicted molar refractivity (Wildman–Crippen MR) is 71.5 cm³/mol. The summed E-state index contributed by atoms with van der Waals surface area (Å²) < 4.78 is 2.06. The zero-order valence-electron chi connectivity index (χ0n) is 11.2. The van der Waals surface area contributed by atoms with Crippen molar-refractivity contribution in [2.24, 2.45) is 11.3 Å². The summed E-state index contributed by atoms with van der Waals surface area (Å²) in [6.45, 7) is 11.8. The molecule has 1 aliphatic rings. The molecule has 0 atom stereocenters. The number of hydrogen-bond acceptors (Lipinski definition) is 2. The predicted octanol–water partition coefficient (Wildman–Crippen LogP) is 2.65. The fourth-order valence-electron chi connectivity index (χ4n) is 2.55. The lowest BCUT2D eigenvalue weighted by molar-refractivity contribution is 0.0966. The summed E-state index contributed by atoms with van der Waals surface area (Å²) in [5.74, 6) is 0.667. The summed E-state index contributed by atoms with van der Waals surface area (Å²) in [7, 11) is 0. The van der Waals surface area contributed by atoms with Gasteiger partial charge in [-0.1, -0.05) is 25.4 Å². The van der Waals surface area contributed by atoms with Gasteiger partial charge in [-0.25, -0.2) is 0 Å². The third kappa shape index (κ3) is 2.11. The summed E-state index contributed by atoms with van der Waals surface area (Å²) in [6, 6.07) is 0. The van der Waals surface area contributed by atoms with Gasteiger partial charge in [0.05, 0.1) is 16.4 Å². The molecule has 1 N–H and O–H groups in total. The number of hydrogen-bond donors (Lipinski definition) is 1. The van der Waals surface area contributed by atoms with E-state index < -0.39 is 0 Å². The Balaban J connectivity index is 2.29. The molecule has 1 fully saturated rings. The monoisotopic (exact) mass is 255 g/mol. The Morgan fingerprint density at radius 1 is 1.47 bits per heavy atom. The van der Waals surface area contributed by atoms with E-state index in [1.54, 1.807) is 0 Å². The van der Waals surface area contributed by atoms with E-state index in [2.05, 4.69) is 35.9 Å². The molecule has 0 aliphatic carbocycles. The average Bonchev–Trinajstić information content (AvgIpc) is 2.49. The minimum atomic E-state index is 0.364. The summed E-state index contributed by atoms with van der Waals surface area (Å²) in [6.07, 6.45) is 1.03. The lowest BCUT2D eigenvalue weighted by Crippen LogP contribution is -2.57. The largest absolute Gasteiger partial charge is 0.315 e. The molecular formula is C13H22ClN3. The lowest BCUT2D eigenvalue weighted by atomic mass is 9.69. The normalized spacial score (nSPS) is 18.5. The Labute approximate surface area is 109 Å². The smallest absolute Gasteiger partial charge is 0.0847 e. The van der Waals surface area contributed by atoms with E-state index in [0.29, 0.717) is 11.3 Å². The molecule has 0 spiro atoms. The zero-order chi connectivity index (χ0) is 12.6. The Kier molecular flexibility index (Phi) is 3.50. The molecule has 17 heavy (non-hydrogen) atoms. The van der Waals surface area contributed by atoms with Gasteiger partial charge < -0.3 is 5.32 Å². The molecule has 1 aliphatic heterocycles. The van der Waals surface area contributed by atoms with Crippen LogP contribution in [0.5, 0.6) is 0 Å². The topological polar surface area (TPSA) is 29.9 Å². The second-order valence-corrected chi connectivity index (χ2v) is 5.84. The van der Waals surface area contributed by atoms with Crippen LogP contribution in [-0.2, 0) is 13.0 Å². The van der Waals surface area contributed by atoms with E-state index in [0.717, 1.165) is 36.8 Å². The van der Waals surface area contributed by atoms with E-state index in [4.69, 9.17) is 11.6 Å². The molecule has 3 nitrogen and oxygen atoms in total. The van der Waals surface area contributed by atoms with Gasteiger partial charge in [-0.15, -0.1) is 0 Å². The number of nitrogens with zero attached hydrogens (tertiary/aromatic N) is 2. The standard InChI is InChI=1S/C13H22ClN3/c1-5-17-11(12(14)10(4)16-17)6-13(9(2)3)7-15-8-13/h9,15H,5-8H2,1-4H3. The van der Waals surface area contributed by atoms with Gasteiger partial charge in [-0.05, 0) is 26.2 Å².